The Morgan fingerprint density at radius 2 is 1.67 bits per heavy atom. The van der Waals surface area contributed by atoms with Crippen molar-refractivity contribution in [3.63, 3.8) is 0 Å². The number of hydrogen-bond acceptors (Lipinski definition) is 4. The first-order chi connectivity index (χ1) is 11.4. The summed E-state index contributed by atoms with van der Waals surface area (Å²) in [6, 6.07) is 14.4. The molecule has 0 aliphatic carbocycles. The molecule has 0 heterocycles. The van der Waals surface area contributed by atoms with E-state index in [0.29, 0.717) is 12.1 Å². The average molecular weight is 364 g/mol. The maximum Gasteiger partial charge on any atom is 0.251 e. The fraction of sp³-hybridized carbons (Fsp3) is 0.278. The minimum absolute atomic E-state index is 0.189. The van der Waals surface area contributed by atoms with Crippen LogP contribution in [0.5, 0.6) is 0 Å². The Morgan fingerprint density at radius 3 is 2.25 bits per heavy atom. The van der Waals surface area contributed by atoms with Gasteiger partial charge in [0.05, 0.1) is 4.90 Å². The Morgan fingerprint density at radius 1 is 1.04 bits per heavy atom. The number of thioether (sulfide) groups is 1. The molecule has 0 unspecified atom stereocenters. The largest absolute Gasteiger partial charge is 0.351 e. The van der Waals surface area contributed by atoms with Crippen LogP contribution in [0.3, 0.4) is 0 Å². The van der Waals surface area contributed by atoms with Crippen molar-refractivity contribution in [3.8, 4) is 0 Å². The molecule has 1 N–H and O–H groups in total. The molecule has 2 aromatic carbocycles. The van der Waals surface area contributed by atoms with Gasteiger partial charge in [-0.3, -0.25) is 4.79 Å². The van der Waals surface area contributed by atoms with Crippen LogP contribution in [0, 0.1) is 6.92 Å². The number of hydrogen-bond donors (Lipinski definition) is 1. The van der Waals surface area contributed by atoms with E-state index in [1.54, 1.807) is 11.8 Å². The molecule has 2 rings (SSSR count). The molecular formula is C18H21NO3S2. The fourth-order valence-electron chi connectivity index (χ4n) is 2.07. The highest BCUT2D eigenvalue weighted by molar-refractivity contribution is 7.98. The Bertz CT molecular complexity index is 782. The molecule has 128 valence electrons. The van der Waals surface area contributed by atoms with Gasteiger partial charge in [-0.15, -0.1) is 0 Å². The van der Waals surface area contributed by atoms with E-state index in [4.69, 9.17) is 0 Å². The monoisotopic (exact) mass is 363 g/mol. The molecule has 0 aromatic heterocycles. The van der Waals surface area contributed by atoms with Gasteiger partial charge >= 0.3 is 0 Å². The van der Waals surface area contributed by atoms with Crippen LogP contribution < -0.4 is 5.32 Å². The minimum Gasteiger partial charge on any atom is -0.351 e. The van der Waals surface area contributed by atoms with Crippen molar-refractivity contribution in [2.75, 3.05) is 18.6 Å². The SMILES string of the molecule is Cc1ccc(CSCCNC(=O)c2ccc(S(C)(=O)=O)cc2)cc1. The zero-order valence-corrected chi connectivity index (χ0v) is 15.4. The zero-order chi connectivity index (χ0) is 17.6. The normalized spacial score (nSPS) is 11.2. The molecular weight excluding hydrogens is 342 g/mol. The molecule has 0 saturated heterocycles. The van der Waals surface area contributed by atoms with Crippen LogP contribution >= 0.6 is 11.8 Å². The van der Waals surface area contributed by atoms with E-state index in [0.717, 1.165) is 17.8 Å². The third kappa shape index (κ3) is 5.69. The quantitative estimate of drug-likeness (QED) is 0.768. The first-order valence-corrected chi connectivity index (χ1v) is 10.6. The first-order valence-electron chi connectivity index (χ1n) is 7.58. The molecule has 0 spiro atoms. The highest BCUT2D eigenvalue weighted by Gasteiger charge is 2.09. The lowest BCUT2D eigenvalue weighted by Crippen LogP contribution is -2.25. The van der Waals surface area contributed by atoms with E-state index in [2.05, 4.69) is 36.5 Å². The van der Waals surface area contributed by atoms with Crippen LogP contribution in [-0.2, 0) is 15.6 Å². The molecule has 0 atom stereocenters. The van der Waals surface area contributed by atoms with Gasteiger partial charge < -0.3 is 5.32 Å². The predicted molar refractivity (Wildman–Crippen MR) is 99.2 cm³/mol. The molecule has 24 heavy (non-hydrogen) atoms. The Kier molecular flexibility index (Phi) is 6.45. The molecule has 6 heteroatoms. The number of carbonyl (C=O) groups is 1. The van der Waals surface area contributed by atoms with Crippen LogP contribution in [-0.4, -0.2) is 32.9 Å². The average Bonchev–Trinajstić information content (AvgIpc) is 2.55. The molecule has 0 aliphatic heterocycles. The number of sulfone groups is 1. The van der Waals surface area contributed by atoms with Crippen molar-refractivity contribution in [2.24, 2.45) is 0 Å². The van der Waals surface area contributed by atoms with Gasteiger partial charge in [0.2, 0.25) is 0 Å². The van der Waals surface area contributed by atoms with Crippen molar-refractivity contribution < 1.29 is 13.2 Å². The lowest BCUT2D eigenvalue weighted by molar-refractivity contribution is 0.0956. The second-order valence-corrected chi connectivity index (χ2v) is 8.71. The molecule has 0 saturated carbocycles. The van der Waals surface area contributed by atoms with Crippen molar-refractivity contribution >= 4 is 27.5 Å². The molecule has 4 nitrogen and oxygen atoms in total. The van der Waals surface area contributed by atoms with Gasteiger partial charge in [0.1, 0.15) is 0 Å². The lowest BCUT2D eigenvalue weighted by atomic mass is 10.2. The Balaban J connectivity index is 1.74. The summed E-state index contributed by atoms with van der Waals surface area (Å²) in [5.41, 5.74) is 2.98. The summed E-state index contributed by atoms with van der Waals surface area (Å²) in [5.74, 6) is 1.55. The van der Waals surface area contributed by atoms with Gasteiger partial charge in [-0.2, -0.15) is 11.8 Å². The minimum atomic E-state index is -3.23. The molecule has 0 aliphatic rings. The van der Waals surface area contributed by atoms with Crippen molar-refractivity contribution in [1.29, 1.82) is 0 Å². The summed E-state index contributed by atoms with van der Waals surface area (Å²) < 4.78 is 22.8. The fourth-order valence-corrected chi connectivity index (χ4v) is 3.52. The summed E-state index contributed by atoms with van der Waals surface area (Å²) in [7, 11) is -3.23. The number of rotatable bonds is 7. The summed E-state index contributed by atoms with van der Waals surface area (Å²) in [4.78, 5) is 12.2. The van der Waals surface area contributed by atoms with Crippen LogP contribution in [0.1, 0.15) is 21.5 Å². The Labute approximate surface area is 147 Å². The second-order valence-electron chi connectivity index (χ2n) is 5.59. The molecule has 0 bridgehead atoms. The zero-order valence-electron chi connectivity index (χ0n) is 13.8. The van der Waals surface area contributed by atoms with Crippen molar-refractivity contribution in [3.05, 3.63) is 65.2 Å². The summed E-state index contributed by atoms with van der Waals surface area (Å²) in [6.07, 6.45) is 1.15. The van der Waals surface area contributed by atoms with E-state index in [1.165, 1.54) is 35.4 Å². The maximum absolute atomic E-state index is 12.0. The van der Waals surface area contributed by atoms with Gasteiger partial charge in [-0.1, -0.05) is 29.8 Å². The van der Waals surface area contributed by atoms with Gasteiger partial charge in [-0.05, 0) is 36.8 Å². The number of amides is 1. The van der Waals surface area contributed by atoms with Crippen LogP contribution in [0.25, 0.3) is 0 Å². The van der Waals surface area contributed by atoms with Gasteiger partial charge in [0, 0.05) is 29.9 Å². The number of nitrogens with one attached hydrogen (secondary N) is 1. The van der Waals surface area contributed by atoms with Gasteiger partial charge in [0.25, 0.3) is 5.91 Å². The molecule has 1 amide bonds. The van der Waals surface area contributed by atoms with Crippen LogP contribution in [0.15, 0.2) is 53.4 Å². The van der Waals surface area contributed by atoms with Crippen molar-refractivity contribution in [2.45, 2.75) is 17.6 Å². The topological polar surface area (TPSA) is 63.2 Å². The van der Waals surface area contributed by atoms with E-state index < -0.39 is 9.84 Å². The Hall–Kier alpha value is -1.79. The van der Waals surface area contributed by atoms with E-state index in [9.17, 15) is 13.2 Å². The predicted octanol–water partition coefficient (Wildman–Crippen LogP) is 3.06. The van der Waals surface area contributed by atoms with Crippen LogP contribution in [0.4, 0.5) is 0 Å². The number of aryl methyl sites for hydroxylation is 1. The van der Waals surface area contributed by atoms with Crippen molar-refractivity contribution in [1.82, 2.24) is 5.32 Å². The summed E-state index contributed by atoms with van der Waals surface area (Å²) in [6.45, 7) is 2.64. The van der Waals surface area contributed by atoms with E-state index in [1.807, 2.05) is 0 Å². The summed E-state index contributed by atoms with van der Waals surface area (Å²) >= 11 is 1.76. The third-order valence-corrected chi connectivity index (χ3v) is 5.62. The molecule has 2 aromatic rings. The van der Waals surface area contributed by atoms with Gasteiger partial charge in [-0.25, -0.2) is 8.42 Å². The number of carbonyl (C=O) groups excluding carboxylic acids is 1. The van der Waals surface area contributed by atoms with E-state index >= 15 is 0 Å². The number of benzene rings is 2. The lowest BCUT2D eigenvalue weighted by Gasteiger charge is -2.06. The highest BCUT2D eigenvalue weighted by atomic mass is 32.2. The van der Waals surface area contributed by atoms with Crippen LogP contribution in [0.2, 0.25) is 0 Å². The third-order valence-electron chi connectivity index (χ3n) is 3.47. The van der Waals surface area contributed by atoms with Gasteiger partial charge in [0.15, 0.2) is 9.84 Å². The smallest absolute Gasteiger partial charge is 0.251 e. The molecule has 0 fully saturated rings. The highest BCUT2D eigenvalue weighted by Crippen LogP contribution is 2.13. The standard InChI is InChI=1S/C18H21NO3S2/c1-14-3-5-15(6-4-14)13-23-12-11-19-18(20)16-7-9-17(10-8-16)24(2,21)22/h3-10H,11-13H2,1-2H3,(H,19,20). The first kappa shape index (κ1) is 18.5. The second kappa shape index (κ2) is 8.35. The maximum atomic E-state index is 12.0. The molecule has 0 radical (unpaired) electrons. The summed E-state index contributed by atoms with van der Waals surface area (Å²) in [5, 5.41) is 2.84. The van der Waals surface area contributed by atoms with E-state index in [-0.39, 0.29) is 10.8 Å².